The lowest BCUT2D eigenvalue weighted by Crippen LogP contribution is -2.55. The maximum Gasteiger partial charge on any atom is 0.249 e. The number of unbranched alkanes of at least 4 members (excludes halogenated alkanes) is 3. The van der Waals surface area contributed by atoms with Crippen LogP contribution in [0, 0.1) is 11.8 Å². The van der Waals surface area contributed by atoms with E-state index < -0.39 is 29.1 Å². The Bertz CT molecular complexity index is 1100. The highest BCUT2D eigenvalue weighted by Gasteiger charge is 2.74. The molecule has 0 aliphatic carbocycles. The number of amides is 3. The van der Waals surface area contributed by atoms with Crippen LogP contribution in [0.4, 0.5) is 0 Å². The van der Waals surface area contributed by atoms with Gasteiger partial charge in [0.15, 0.2) is 0 Å². The van der Waals surface area contributed by atoms with Crippen molar-refractivity contribution in [1.29, 1.82) is 0 Å². The molecule has 4 aliphatic rings. The average molecular weight is 508 g/mol. The third kappa shape index (κ3) is 4.30. The third-order valence-electron chi connectivity index (χ3n) is 8.37. The number of rotatable bonds is 8. The summed E-state index contributed by atoms with van der Waals surface area (Å²) in [6, 6.07) is 8.99. The van der Waals surface area contributed by atoms with Gasteiger partial charge in [-0.3, -0.25) is 14.4 Å². The van der Waals surface area contributed by atoms with Gasteiger partial charge in [0.1, 0.15) is 11.6 Å². The minimum Gasteiger partial charge on any atom is -0.396 e. The van der Waals surface area contributed by atoms with Crippen molar-refractivity contribution in [2.75, 3.05) is 33.3 Å². The number of likely N-dealkylation sites (N-methyl/N-ethyl adjacent to an activating group) is 1. The van der Waals surface area contributed by atoms with E-state index in [0.29, 0.717) is 32.6 Å². The highest BCUT2D eigenvalue weighted by atomic mass is 16.5. The zero-order valence-corrected chi connectivity index (χ0v) is 21.7. The van der Waals surface area contributed by atoms with Crippen LogP contribution in [0.15, 0.2) is 54.6 Å². The minimum atomic E-state index is -1.21. The molecular weight excluding hydrogens is 470 g/mol. The largest absolute Gasteiger partial charge is 0.396 e. The number of carbonyl (C=O) groups is 3. The van der Waals surface area contributed by atoms with E-state index in [1.807, 2.05) is 61.6 Å². The van der Waals surface area contributed by atoms with Gasteiger partial charge in [0.2, 0.25) is 17.7 Å². The molecule has 2 saturated heterocycles. The third-order valence-corrected chi connectivity index (χ3v) is 8.37. The normalized spacial score (nSPS) is 32.9. The molecule has 1 aromatic rings. The summed E-state index contributed by atoms with van der Waals surface area (Å²) in [6.45, 7) is 3.73. The van der Waals surface area contributed by atoms with Gasteiger partial charge in [0.05, 0.1) is 17.4 Å². The topological polar surface area (TPSA) is 90.4 Å². The lowest BCUT2D eigenvalue weighted by Gasteiger charge is -2.37. The lowest BCUT2D eigenvalue weighted by atomic mass is 9.74. The minimum absolute atomic E-state index is 0.127. The Labute approximate surface area is 218 Å². The van der Waals surface area contributed by atoms with Gasteiger partial charge in [-0.15, -0.1) is 0 Å². The number of nitrogens with zero attached hydrogens (tertiary/aromatic N) is 3. The van der Waals surface area contributed by atoms with E-state index in [2.05, 4.69) is 0 Å². The number of likely N-dealkylation sites (tertiary alicyclic amines) is 1. The SMILES string of the molecule is CN1CC=C[C@@]2(C)O[C@]34C=CCN(Cc5ccccc5)C(=O)C3N(CCCCCCO)C(=O)[C@@H]4[C@H]2C1=O. The standard InChI is InChI=1S/C29H37N3O5/c1-28-14-10-16-30(2)25(34)22(28)23-26(35)32(18-8-3-4-9-19-33)24-27(36)31(17-11-15-29(23,24)37-28)20-21-12-6-5-7-13-21/h5-7,10-15,22-24,33H,3-4,8-9,16-20H2,1-2H3/t22-,23-,24?,28+,29-/m0/s1. The van der Waals surface area contributed by atoms with Crippen molar-refractivity contribution in [2.24, 2.45) is 11.8 Å². The van der Waals surface area contributed by atoms with Crippen LogP contribution in [0.3, 0.4) is 0 Å². The number of ether oxygens (including phenoxy) is 1. The number of hydrogen-bond acceptors (Lipinski definition) is 5. The molecule has 0 radical (unpaired) electrons. The molecule has 8 nitrogen and oxygen atoms in total. The van der Waals surface area contributed by atoms with E-state index in [0.717, 1.165) is 24.8 Å². The van der Waals surface area contributed by atoms with Crippen molar-refractivity contribution in [3.63, 3.8) is 0 Å². The molecule has 198 valence electrons. The highest BCUT2D eigenvalue weighted by Crippen LogP contribution is 2.57. The van der Waals surface area contributed by atoms with Crippen LogP contribution >= 0.6 is 0 Å². The second-order valence-corrected chi connectivity index (χ2v) is 10.9. The lowest BCUT2D eigenvalue weighted by molar-refractivity contribution is -0.152. The van der Waals surface area contributed by atoms with Crippen LogP contribution in [0.1, 0.15) is 38.2 Å². The van der Waals surface area contributed by atoms with E-state index >= 15 is 0 Å². The van der Waals surface area contributed by atoms with Crippen molar-refractivity contribution in [1.82, 2.24) is 14.7 Å². The Balaban J connectivity index is 1.53. The molecule has 0 aromatic heterocycles. The Kier molecular flexibility index (Phi) is 6.98. The number of carbonyl (C=O) groups excluding carboxylic acids is 3. The van der Waals surface area contributed by atoms with Crippen molar-refractivity contribution in [3.8, 4) is 0 Å². The van der Waals surface area contributed by atoms with E-state index in [9.17, 15) is 14.4 Å². The van der Waals surface area contributed by atoms with E-state index in [1.54, 1.807) is 21.7 Å². The van der Waals surface area contributed by atoms with Crippen molar-refractivity contribution in [3.05, 3.63) is 60.2 Å². The number of aliphatic hydroxyl groups excluding tert-OH is 1. The van der Waals surface area contributed by atoms with Crippen LogP contribution < -0.4 is 0 Å². The van der Waals surface area contributed by atoms with Crippen LogP contribution in [0.2, 0.25) is 0 Å². The quantitative estimate of drug-likeness (QED) is 0.430. The molecule has 37 heavy (non-hydrogen) atoms. The van der Waals surface area contributed by atoms with Crippen molar-refractivity contribution < 1.29 is 24.2 Å². The molecule has 4 heterocycles. The monoisotopic (exact) mass is 507 g/mol. The van der Waals surface area contributed by atoms with Gasteiger partial charge in [0.25, 0.3) is 0 Å². The van der Waals surface area contributed by atoms with Gasteiger partial charge in [-0.2, -0.15) is 0 Å². The Morgan fingerprint density at radius 2 is 1.65 bits per heavy atom. The van der Waals surface area contributed by atoms with Gasteiger partial charge in [-0.25, -0.2) is 0 Å². The molecule has 1 N–H and O–H groups in total. The summed E-state index contributed by atoms with van der Waals surface area (Å²) in [4.78, 5) is 47.1. The molecule has 0 bridgehead atoms. The summed E-state index contributed by atoms with van der Waals surface area (Å²) < 4.78 is 6.80. The first kappa shape index (κ1) is 25.7. The molecular formula is C29H37N3O5. The van der Waals surface area contributed by atoms with Crippen molar-refractivity contribution >= 4 is 17.7 Å². The Morgan fingerprint density at radius 3 is 2.41 bits per heavy atom. The van der Waals surface area contributed by atoms with Gasteiger partial charge in [-0.1, -0.05) is 67.5 Å². The molecule has 8 heteroatoms. The summed E-state index contributed by atoms with van der Waals surface area (Å²) in [5.41, 5.74) is -1.17. The molecule has 4 aliphatic heterocycles. The molecule has 3 amide bonds. The molecule has 1 unspecified atom stereocenters. The van der Waals surface area contributed by atoms with Crippen LogP contribution in [0.25, 0.3) is 0 Å². The summed E-state index contributed by atoms with van der Waals surface area (Å²) in [6.07, 6.45) is 10.8. The highest BCUT2D eigenvalue weighted by molar-refractivity contribution is 6.00. The summed E-state index contributed by atoms with van der Waals surface area (Å²) in [7, 11) is 1.74. The molecule has 2 fully saturated rings. The van der Waals surface area contributed by atoms with E-state index in [-0.39, 0.29) is 24.3 Å². The van der Waals surface area contributed by atoms with E-state index in [1.165, 1.54) is 0 Å². The molecule has 1 spiro atoms. The van der Waals surface area contributed by atoms with Crippen LogP contribution in [-0.4, -0.2) is 88.1 Å². The maximum absolute atomic E-state index is 14.2. The number of fused-ring (bicyclic) bond motifs is 2. The first-order chi connectivity index (χ1) is 17.8. The van der Waals surface area contributed by atoms with Crippen molar-refractivity contribution in [2.45, 2.75) is 56.4 Å². The predicted octanol–water partition coefficient (Wildman–Crippen LogP) is 2.14. The fraction of sp³-hybridized carbons (Fsp3) is 0.552. The number of benzene rings is 1. The first-order valence-corrected chi connectivity index (χ1v) is 13.4. The van der Waals surface area contributed by atoms with Crippen LogP contribution in [0.5, 0.6) is 0 Å². The predicted molar refractivity (Wildman–Crippen MR) is 138 cm³/mol. The molecule has 0 saturated carbocycles. The molecule has 1 aromatic carbocycles. The second-order valence-electron chi connectivity index (χ2n) is 10.9. The number of aliphatic hydroxyl groups is 1. The summed E-state index contributed by atoms with van der Waals surface area (Å²) in [5, 5.41) is 9.12. The fourth-order valence-corrected chi connectivity index (χ4v) is 6.62. The van der Waals surface area contributed by atoms with Crippen LogP contribution in [-0.2, 0) is 25.7 Å². The smallest absolute Gasteiger partial charge is 0.249 e. The Morgan fingerprint density at radius 1 is 0.919 bits per heavy atom. The van der Waals surface area contributed by atoms with Gasteiger partial charge in [-0.05, 0) is 25.3 Å². The van der Waals surface area contributed by atoms with Gasteiger partial charge < -0.3 is 24.5 Å². The maximum atomic E-state index is 14.2. The molecule has 5 rings (SSSR count). The average Bonchev–Trinajstić information content (AvgIpc) is 3.16. The fourth-order valence-electron chi connectivity index (χ4n) is 6.62. The second kappa shape index (κ2) is 10.1. The van der Waals surface area contributed by atoms with E-state index in [4.69, 9.17) is 9.84 Å². The summed E-state index contributed by atoms with van der Waals surface area (Å²) >= 11 is 0. The Hall–Kier alpha value is -2.97. The first-order valence-electron chi connectivity index (χ1n) is 13.4. The van der Waals surface area contributed by atoms with Gasteiger partial charge >= 0.3 is 0 Å². The number of hydrogen-bond donors (Lipinski definition) is 1. The summed E-state index contributed by atoms with van der Waals surface area (Å²) in [5.74, 6) is -1.93. The zero-order valence-electron chi connectivity index (χ0n) is 21.7. The van der Waals surface area contributed by atoms with Gasteiger partial charge in [0, 0.05) is 39.8 Å². The molecule has 5 atom stereocenters. The zero-order chi connectivity index (χ0) is 26.2.